The molecule has 130 valence electrons. The molecule has 0 atom stereocenters. The van der Waals surface area contributed by atoms with E-state index < -0.39 is 0 Å². The van der Waals surface area contributed by atoms with Gasteiger partial charge >= 0.3 is 0 Å². The second-order valence-corrected chi connectivity index (χ2v) is 5.84. The van der Waals surface area contributed by atoms with Crippen LogP contribution in [0, 0.1) is 0 Å². The molecule has 3 aromatic rings. The van der Waals surface area contributed by atoms with Crippen molar-refractivity contribution in [1.29, 1.82) is 0 Å². The highest BCUT2D eigenvalue weighted by atomic mass is 16.5. The Labute approximate surface area is 149 Å². The summed E-state index contributed by atoms with van der Waals surface area (Å²) in [6.07, 6.45) is 5.32. The first-order valence-electron chi connectivity index (χ1n) is 8.12. The fraction of sp³-hybridized carbons (Fsp3) is 0.105. The predicted octanol–water partition coefficient (Wildman–Crippen LogP) is 2.13. The lowest BCUT2D eigenvalue weighted by atomic mass is 10.1. The van der Waals surface area contributed by atoms with E-state index >= 15 is 0 Å². The van der Waals surface area contributed by atoms with Crippen molar-refractivity contribution in [3.05, 3.63) is 72.3 Å². The molecule has 1 aliphatic heterocycles. The number of para-hydroxylation sites is 1. The first-order valence-corrected chi connectivity index (χ1v) is 8.12. The van der Waals surface area contributed by atoms with Gasteiger partial charge in [0.25, 0.3) is 11.8 Å². The summed E-state index contributed by atoms with van der Waals surface area (Å²) < 4.78 is 7.32. The van der Waals surface area contributed by atoms with Gasteiger partial charge in [0.1, 0.15) is 0 Å². The van der Waals surface area contributed by atoms with E-state index in [0.29, 0.717) is 23.5 Å². The van der Waals surface area contributed by atoms with E-state index in [-0.39, 0.29) is 18.4 Å². The Morgan fingerprint density at radius 3 is 2.85 bits per heavy atom. The maximum atomic E-state index is 12.5. The van der Waals surface area contributed by atoms with E-state index in [1.165, 1.54) is 0 Å². The molecule has 0 radical (unpaired) electrons. The zero-order valence-corrected chi connectivity index (χ0v) is 13.8. The average molecular weight is 348 g/mol. The summed E-state index contributed by atoms with van der Waals surface area (Å²) in [7, 11) is 0. The molecular weight excluding hydrogens is 332 g/mol. The number of anilines is 1. The quantitative estimate of drug-likeness (QED) is 0.756. The molecule has 2 heterocycles. The van der Waals surface area contributed by atoms with Crippen molar-refractivity contribution in [3.63, 3.8) is 0 Å². The van der Waals surface area contributed by atoms with E-state index in [9.17, 15) is 9.59 Å². The Hall–Kier alpha value is -3.61. The van der Waals surface area contributed by atoms with Crippen LogP contribution in [0.1, 0.15) is 15.9 Å². The zero-order chi connectivity index (χ0) is 17.9. The fourth-order valence-electron chi connectivity index (χ4n) is 2.77. The van der Waals surface area contributed by atoms with Crippen LogP contribution in [-0.4, -0.2) is 28.0 Å². The number of benzene rings is 2. The number of nitrogens with one attached hydrogen (secondary N) is 2. The summed E-state index contributed by atoms with van der Waals surface area (Å²) in [5.74, 6) is -0.0789. The number of hydrogen-bond donors (Lipinski definition) is 2. The molecule has 0 unspecified atom stereocenters. The van der Waals surface area contributed by atoms with Crippen LogP contribution in [0.3, 0.4) is 0 Å². The van der Waals surface area contributed by atoms with E-state index in [1.807, 2.05) is 35.0 Å². The summed E-state index contributed by atoms with van der Waals surface area (Å²) in [6, 6.07) is 12.9. The van der Waals surface area contributed by atoms with Crippen molar-refractivity contribution in [2.45, 2.75) is 6.54 Å². The van der Waals surface area contributed by atoms with E-state index in [0.717, 1.165) is 11.3 Å². The third-order valence-electron chi connectivity index (χ3n) is 4.07. The Kier molecular flexibility index (Phi) is 4.10. The van der Waals surface area contributed by atoms with Crippen LogP contribution in [0.25, 0.3) is 5.69 Å². The minimum absolute atomic E-state index is 0.0903. The summed E-state index contributed by atoms with van der Waals surface area (Å²) in [4.78, 5) is 27.9. The average Bonchev–Trinajstić information content (AvgIpc) is 3.20. The van der Waals surface area contributed by atoms with Gasteiger partial charge in [-0.1, -0.05) is 18.2 Å². The zero-order valence-electron chi connectivity index (χ0n) is 13.8. The van der Waals surface area contributed by atoms with Crippen molar-refractivity contribution in [1.82, 2.24) is 14.9 Å². The van der Waals surface area contributed by atoms with Crippen molar-refractivity contribution < 1.29 is 14.3 Å². The smallest absolute Gasteiger partial charge is 0.262 e. The number of ether oxygens (including phenoxy) is 1. The van der Waals surface area contributed by atoms with Gasteiger partial charge in [0.15, 0.2) is 12.4 Å². The van der Waals surface area contributed by atoms with Crippen LogP contribution in [0.2, 0.25) is 0 Å². The molecule has 2 amide bonds. The third kappa shape index (κ3) is 3.14. The molecule has 0 aliphatic carbocycles. The van der Waals surface area contributed by atoms with Gasteiger partial charge in [-0.05, 0) is 29.8 Å². The molecule has 1 aliphatic rings. The Morgan fingerprint density at radius 2 is 2.08 bits per heavy atom. The van der Waals surface area contributed by atoms with Crippen molar-refractivity contribution in [3.8, 4) is 11.4 Å². The molecule has 0 saturated carbocycles. The number of imidazole rings is 1. The second-order valence-electron chi connectivity index (χ2n) is 5.84. The number of nitrogens with zero attached hydrogens (tertiary/aromatic N) is 2. The lowest BCUT2D eigenvalue weighted by molar-refractivity contribution is -0.118. The van der Waals surface area contributed by atoms with Crippen LogP contribution >= 0.6 is 0 Å². The van der Waals surface area contributed by atoms with Crippen LogP contribution in [-0.2, 0) is 11.3 Å². The number of amides is 2. The van der Waals surface area contributed by atoms with Crippen molar-refractivity contribution in [2.24, 2.45) is 0 Å². The Morgan fingerprint density at radius 1 is 1.23 bits per heavy atom. The molecule has 0 saturated heterocycles. The second kappa shape index (κ2) is 6.72. The maximum absolute atomic E-state index is 12.5. The van der Waals surface area contributed by atoms with Crippen molar-refractivity contribution in [2.75, 3.05) is 11.9 Å². The van der Waals surface area contributed by atoms with E-state index in [1.54, 1.807) is 30.7 Å². The molecule has 1 aromatic heterocycles. The molecule has 0 spiro atoms. The standard InChI is InChI=1S/C19H16N4O3/c24-17-11-26-18-15(2-1-3-16(18)22-17)19(25)21-10-13-4-6-14(7-5-13)23-9-8-20-12-23/h1-9,12H,10-11H2,(H,21,25)(H,22,24). The first-order chi connectivity index (χ1) is 12.7. The number of carbonyl (C=O) groups is 2. The SMILES string of the molecule is O=C1COc2c(cccc2C(=O)NCc2ccc(-n3ccnc3)cc2)N1. The fourth-order valence-corrected chi connectivity index (χ4v) is 2.77. The minimum Gasteiger partial charge on any atom is -0.481 e. The largest absolute Gasteiger partial charge is 0.481 e. The lowest BCUT2D eigenvalue weighted by Gasteiger charge is -2.20. The summed E-state index contributed by atoms with van der Waals surface area (Å²) in [6.45, 7) is 0.298. The molecule has 0 bridgehead atoms. The number of rotatable bonds is 4. The highest BCUT2D eigenvalue weighted by molar-refractivity contribution is 6.03. The predicted molar refractivity (Wildman–Crippen MR) is 95.3 cm³/mol. The van der Waals surface area contributed by atoms with Gasteiger partial charge in [0, 0.05) is 24.6 Å². The Bertz CT molecular complexity index is 949. The van der Waals surface area contributed by atoms with Gasteiger partial charge in [-0.2, -0.15) is 0 Å². The molecule has 26 heavy (non-hydrogen) atoms. The van der Waals surface area contributed by atoms with Crippen LogP contribution in [0.15, 0.2) is 61.2 Å². The molecular formula is C19H16N4O3. The molecule has 0 fully saturated rings. The monoisotopic (exact) mass is 348 g/mol. The maximum Gasteiger partial charge on any atom is 0.262 e. The van der Waals surface area contributed by atoms with Crippen molar-refractivity contribution >= 4 is 17.5 Å². The number of fused-ring (bicyclic) bond motifs is 1. The normalized spacial score (nSPS) is 12.7. The van der Waals surface area contributed by atoms with E-state index in [4.69, 9.17) is 4.74 Å². The number of carbonyl (C=O) groups excluding carboxylic acids is 2. The first kappa shape index (κ1) is 15.9. The van der Waals surface area contributed by atoms with Crippen LogP contribution < -0.4 is 15.4 Å². The van der Waals surface area contributed by atoms with Gasteiger partial charge in [0.2, 0.25) is 0 Å². The highest BCUT2D eigenvalue weighted by Crippen LogP contribution is 2.31. The van der Waals surface area contributed by atoms with Gasteiger partial charge in [-0.25, -0.2) is 4.98 Å². The lowest BCUT2D eigenvalue weighted by Crippen LogP contribution is -2.29. The van der Waals surface area contributed by atoms with Crippen LogP contribution in [0.4, 0.5) is 5.69 Å². The molecule has 7 nitrogen and oxygen atoms in total. The number of aromatic nitrogens is 2. The molecule has 2 N–H and O–H groups in total. The highest BCUT2D eigenvalue weighted by Gasteiger charge is 2.22. The summed E-state index contributed by atoms with van der Waals surface area (Å²) >= 11 is 0. The summed E-state index contributed by atoms with van der Waals surface area (Å²) in [5.41, 5.74) is 2.89. The van der Waals surface area contributed by atoms with Gasteiger partial charge < -0.3 is 19.9 Å². The van der Waals surface area contributed by atoms with Gasteiger partial charge in [-0.15, -0.1) is 0 Å². The molecule has 7 heteroatoms. The van der Waals surface area contributed by atoms with Gasteiger partial charge in [-0.3, -0.25) is 9.59 Å². The molecule has 2 aromatic carbocycles. The van der Waals surface area contributed by atoms with E-state index in [2.05, 4.69) is 15.6 Å². The third-order valence-corrected chi connectivity index (χ3v) is 4.07. The van der Waals surface area contributed by atoms with Gasteiger partial charge in [0.05, 0.1) is 17.6 Å². The topological polar surface area (TPSA) is 85.2 Å². The molecule has 4 rings (SSSR count). The minimum atomic E-state index is -0.253. The summed E-state index contributed by atoms with van der Waals surface area (Å²) in [5, 5.41) is 5.58. The Balaban J connectivity index is 1.45. The number of hydrogen-bond acceptors (Lipinski definition) is 4. The van der Waals surface area contributed by atoms with Crippen LogP contribution in [0.5, 0.6) is 5.75 Å².